The molecule has 1 N–H and O–H groups in total. The number of anilines is 1. The highest BCUT2D eigenvalue weighted by Crippen LogP contribution is 2.20. The molecule has 0 bridgehead atoms. The van der Waals surface area contributed by atoms with Crippen molar-refractivity contribution in [2.45, 2.75) is 31.2 Å². The van der Waals surface area contributed by atoms with Gasteiger partial charge in [-0.15, -0.1) is 11.8 Å². The third kappa shape index (κ3) is 5.42. The molecule has 0 fully saturated rings. The fourth-order valence-electron chi connectivity index (χ4n) is 2.04. The zero-order chi connectivity index (χ0) is 17.6. The molecule has 2 amide bonds. The van der Waals surface area contributed by atoms with Gasteiger partial charge in [0.1, 0.15) is 12.8 Å². The molecule has 0 atom stereocenters. The van der Waals surface area contributed by atoms with Crippen molar-refractivity contribution in [3.8, 4) is 0 Å². The molecule has 0 unspecified atom stereocenters. The minimum atomic E-state index is -0.463. The maximum Gasteiger partial charge on any atom is 0.245 e. The molecular formula is C17H21N3O3S. The van der Waals surface area contributed by atoms with Gasteiger partial charge in [0.25, 0.3) is 0 Å². The second-order valence-electron chi connectivity index (χ2n) is 6.19. The lowest BCUT2D eigenvalue weighted by Gasteiger charge is -2.35. The third-order valence-electron chi connectivity index (χ3n) is 3.22. The van der Waals surface area contributed by atoms with Gasteiger partial charge in [-0.25, -0.2) is 0 Å². The zero-order valence-corrected chi connectivity index (χ0v) is 14.8. The van der Waals surface area contributed by atoms with Gasteiger partial charge in [-0.2, -0.15) is 0 Å². The highest BCUT2D eigenvalue weighted by Gasteiger charge is 2.28. The fourth-order valence-corrected chi connectivity index (χ4v) is 2.84. The lowest BCUT2D eigenvalue weighted by atomic mass is 10.1. The first kappa shape index (κ1) is 18.1. The SMILES string of the molecule is CC(C)(C)N(CC(=O)Nc1ccon1)C(=O)CSc1ccccc1. The molecule has 24 heavy (non-hydrogen) atoms. The van der Waals surface area contributed by atoms with Crippen LogP contribution in [0.3, 0.4) is 0 Å². The van der Waals surface area contributed by atoms with Crippen LogP contribution in [-0.4, -0.2) is 39.7 Å². The summed E-state index contributed by atoms with van der Waals surface area (Å²) >= 11 is 1.46. The molecule has 1 heterocycles. The van der Waals surface area contributed by atoms with E-state index in [1.165, 1.54) is 18.0 Å². The van der Waals surface area contributed by atoms with E-state index in [2.05, 4.69) is 15.0 Å². The van der Waals surface area contributed by atoms with E-state index < -0.39 is 5.54 Å². The zero-order valence-electron chi connectivity index (χ0n) is 14.0. The highest BCUT2D eigenvalue weighted by molar-refractivity contribution is 8.00. The summed E-state index contributed by atoms with van der Waals surface area (Å²) in [7, 11) is 0. The second-order valence-corrected chi connectivity index (χ2v) is 7.23. The largest absolute Gasteiger partial charge is 0.363 e. The van der Waals surface area contributed by atoms with Crippen molar-refractivity contribution in [1.82, 2.24) is 10.1 Å². The Bertz CT molecular complexity index is 666. The first-order chi connectivity index (χ1) is 11.4. The maximum atomic E-state index is 12.6. The molecule has 0 spiro atoms. The van der Waals surface area contributed by atoms with E-state index in [0.717, 1.165) is 4.90 Å². The van der Waals surface area contributed by atoms with E-state index in [9.17, 15) is 9.59 Å². The fraction of sp³-hybridized carbons (Fsp3) is 0.353. The van der Waals surface area contributed by atoms with Gasteiger partial charge >= 0.3 is 0 Å². The second kappa shape index (κ2) is 8.01. The quantitative estimate of drug-likeness (QED) is 0.813. The summed E-state index contributed by atoms with van der Waals surface area (Å²) in [5.41, 5.74) is -0.463. The first-order valence-corrected chi connectivity index (χ1v) is 8.53. The molecular weight excluding hydrogens is 326 g/mol. The Labute approximate surface area is 145 Å². The van der Waals surface area contributed by atoms with Crippen LogP contribution in [0, 0.1) is 0 Å². The summed E-state index contributed by atoms with van der Waals surface area (Å²) in [5.74, 6) is 0.210. The van der Waals surface area contributed by atoms with E-state index in [0.29, 0.717) is 5.82 Å². The molecule has 2 aromatic rings. The molecule has 1 aromatic heterocycles. The van der Waals surface area contributed by atoms with Gasteiger partial charge in [0, 0.05) is 16.5 Å². The number of aromatic nitrogens is 1. The number of nitrogens with zero attached hydrogens (tertiary/aromatic N) is 2. The van der Waals surface area contributed by atoms with Crippen LogP contribution in [0.5, 0.6) is 0 Å². The van der Waals surface area contributed by atoms with Gasteiger partial charge < -0.3 is 14.7 Å². The molecule has 0 aliphatic carbocycles. The number of carbonyl (C=O) groups is 2. The number of amides is 2. The molecule has 0 saturated heterocycles. The van der Waals surface area contributed by atoms with Gasteiger partial charge in [0.05, 0.1) is 5.75 Å². The first-order valence-electron chi connectivity index (χ1n) is 7.55. The summed E-state index contributed by atoms with van der Waals surface area (Å²) < 4.78 is 4.67. The van der Waals surface area contributed by atoms with Crippen LogP contribution in [0.1, 0.15) is 20.8 Å². The normalized spacial score (nSPS) is 11.1. The minimum absolute atomic E-state index is 0.0372. The van der Waals surface area contributed by atoms with Gasteiger partial charge in [0.2, 0.25) is 11.8 Å². The Morgan fingerprint density at radius 3 is 2.50 bits per heavy atom. The lowest BCUT2D eigenvalue weighted by molar-refractivity contribution is -0.137. The predicted octanol–water partition coefficient (Wildman–Crippen LogP) is 3.03. The van der Waals surface area contributed by atoms with E-state index in [1.54, 1.807) is 11.0 Å². The van der Waals surface area contributed by atoms with Gasteiger partial charge in [-0.3, -0.25) is 9.59 Å². The van der Waals surface area contributed by atoms with Crippen LogP contribution in [0.2, 0.25) is 0 Å². The summed E-state index contributed by atoms with van der Waals surface area (Å²) in [6, 6.07) is 11.3. The smallest absolute Gasteiger partial charge is 0.245 e. The molecule has 0 radical (unpaired) electrons. The molecule has 0 aliphatic rings. The minimum Gasteiger partial charge on any atom is -0.363 e. The standard InChI is InChI=1S/C17H21N3O3S/c1-17(2,3)20(11-15(21)18-14-9-10-23-19-14)16(22)12-24-13-7-5-4-6-8-13/h4-10H,11-12H2,1-3H3,(H,18,19,21). The van der Waals surface area contributed by atoms with E-state index in [1.807, 2.05) is 51.1 Å². The third-order valence-corrected chi connectivity index (χ3v) is 4.22. The van der Waals surface area contributed by atoms with Crippen molar-refractivity contribution in [2.75, 3.05) is 17.6 Å². The number of benzene rings is 1. The number of hydrogen-bond acceptors (Lipinski definition) is 5. The molecule has 128 valence electrons. The molecule has 2 rings (SSSR count). The summed E-state index contributed by atoms with van der Waals surface area (Å²) in [6.45, 7) is 5.68. The molecule has 1 aromatic carbocycles. The Morgan fingerprint density at radius 1 is 1.21 bits per heavy atom. The Morgan fingerprint density at radius 2 is 1.92 bits per heavy atom. The van der Waals surface area contributed by atoms with Crippen molar-refractivity contribution in [3.05, 3.63) is 42.7 Å². The van der Waals surface area contributed by atoms with Gasteiger partial charge in [-0.05, 0) is 32.9 Å². The van der Waals surface area contributed by atoms with Gasteiger partial charge in [0.15, 0.2) is 5.82 Å². The Balaban J connectivity index is 1.96. The van der Waals surface area contributed by atoms with E-state index in [4.69, 9.17) is 0 Å². The number of rotatable bonds is 6. The number of nitrogens with one attached hydrogen (secondary N) is 1. The summed E-state index contributed by atoms with van der Waals surface area (Å²) in [4.78, 5) is 27.3. The van der Waals surface area contributed by atoms with Crippen molar-refractivity contribution in [2.24, 2.45) is 0 Å². The lowest BCUT2D eigenvalue weighted by Crippen LogP contribution is -2.50. The van der Waals surface area contributed by atoms with Crippen molar-refractivity contribution in [1.29, 1.82) is 0 Å². The van der Waals surface area contributed by atoms with Crippen molar-refractivity contribution < 1.29 is 14.1 Å². The van der Waals surface area contributed by atoms with Crippen LogP contribution in [0.15, 0.2) is 52.1 Å². The number of thioether (sulfide) groups is 1. The topological polar surface area (TPSA) is 75.4 Å². The van der Waals surface area contributed by atoms with Crippen LogP contribution < -0.4 is 5.32 Å². The highest BCUT2D eigenvalue weighted by atomic mass is 32.2. The van der Waals surface area contributed by atoms with Crippen molar-refractivity contribution in [3.63, 3.8) is 0 Å². The van der Waals surface area contributed by atoms with Crippen LogP contribution in [-0.2, 0) is 9.59 Å². The predicted molar refractivity (Wildman–Crippen MR) is 93.8 cm³/mol. The van der Waals surface area contributed by atoms with Crippen LogP contribution >= 0.6 is 11.8 Å². The Kier molecular flexibility index (Phi) is 6.03. The van der Waals surface area contributed by atoms with Crippen molar-refractivity contribution >= 4 is 29.4 Å². The van der Waals surface area contributed by atoms with Gasteiger partial charge in [-0.1, -0.05) is 23.4 Å². The molecule has 0 saturated carbocycles. The van der Waals surface area contributed by atoms with Crippen LogP contribution in [0.4, 0.5) is 5.82 Å². The maximum absolute atomic E-state index is 12.6. The Hall–Kier alpha value is -2.28. The van der Waals surface area contributed by atoms with E-state index in [-0.39, 0.29) is 24.1 Å². The number of carbonyl (C=O) groups excluding carboxylic acids is 2. The molecule has 0 aliphatic heterocycles. The monoisotopic (exact) mass is 347 g/mol. The van der Waals surface area contributed by atoms with Crippen LogP contribution in [0.25, 0.3) is 0 Å². The summed E-state index contributed by atoms with van der Waals surface area (Å²) in [6.07, 6.45) is 1.37. The molecule has 6 nitrogen and oxygen atoms in total. The van der Waals surface area contributed by atoms with E-state index >= 15 is 0 Å². The summed E-state index contributed by atoms with van der Waals surface area (Å²) in [5, 5.41) is 6.24. The average molecular weight is 347 g/mol. The molecule has 7 heteroatoms. The average Bonchev–Trinajstić information content (AvgIpc) is 3.03. The number of hydrogen-bond donors (Lipinski definition) is 1.